The third-order valence-corrected chi connectivity index (χ3v) is 6.00. The molecule has 1 aromatic carbocycles. The normalized spacial score (nSPS) is 11.2. The molecule has 1 aromatic heterocycles. The van der Waals surface area contributed by atoms with Gasteiger partial charge in [-0.25, -0.2) is 12.8 Å². The number of aryl methyl sites for hydroxylation is 1. The van der Waals surface area contributed by atoms with Gasteiger partial charge in [-0.1, -0.05) is 17.7 Å². The molecule has 1 heterocycles. The molecule has 0 radical (unpaired) electrons. The van der Waals surface area contributed by atoms with Crippen molar-refractivity contribution in [2.45, 2.75) is 13.8 Å². The maximum absolute atomic E-state index is 14.6. The first-order valence-electron chi connectivity index (χ1n) is 7.72. The van der Waals surface area contributed by atoms with Gasteiger partial charge in [0.15, 0.2) is 0 Å². The molecule has 2 rings (SSSR count). The molecule has 9 heteroatoms. The van der Waals surface area contributed by atoms with Gasteiger partial charge in [-0.3, -0.25) is 8.99 Å². The van der Waals surface area contributed by atoms with Crippen LogP contribution < -0.4 is 4.31 Å². The van der Waals surface area contributed by atoms with E-state index in [0.29, 0.717) is 11.3 Å². The van der Waals surface area contributed by atoms with E-state index in [1.807, 2.05) is 6.07 Å². The third-order valence-electron chi connectivity index (χ3n) is 3.95. The van der Waals surface area contributed by atoms with Crippen LogP contribution in [0.3, 0.4) is 0 Å². The number of nitrogens with zero attached hydrogens (tertiary/aromatic N) is 4. The van der Waals surface area contributed by atoms with Crippen molar-refractivity contribution >= 4 is 27.3 Å². The fourth-order valence-electron chi connectivity index (χ4n) is 2.59. The second-order valence-electron chi connectivity index (χ2n) is 5.56. The summed E-state index contributed by atoms with van der Waals surface area (Å²) in [6.07, 6.45) is 1.42. The molecule has 6 nitrogen and oxygen atoms in total. The Morgan fingerprint density at radius 2 is 2.15 bits per heavy atom. The number of rotatable bonds is 6. The first-order chi connectivity index (χ1) is 12.2. The molecule has 0 fully saturated rings. The lowest BCUT2D eigenvalue weighted by atomic mass is 10.1. The largest absolute Gasteiger partial charge is 0.265 e. The molecule has 26 heavy (non-hydrogen) atoms. The molecule has 0 saturated heterocycles. The summed E-state index contributed by atoms with van der Waals surface area (Å²) >= 11 is 6.13. The number of nitriles is 1. The molecule has 2 aromatic rings. The summed E-state index contributed by atoms with van der Waals surface area (Å²) in [5.74, 6) is -0.803. The van der Waals surface area contributed by atoms with Crippen molar-refractivity contribution in [3.8, 4) is 17.3 Å². The first-order valence-corrected chi connectivity index (χ1v) is 9.71. The van der Waals surface area contributed by atoms with E-state index in [1.165, 1.54) is 23.7 Å². The highest BCUT2D eigenvalue weighted by Crippen LogP contribution is 2.36. The Labute approximate surface area is 157 Å². The summed E-state index contributed by atoms with van der Waals surface area (Å²) in [7, 11) is -2.07. The number of hydrogen-bond donors (Lipinski definition) is 0. The highest BCUT2D eigenvalue weighted by atomic mass is 35.5. The van der Waals surface area contributed by atoms with Crippen LogP contribution in [-0.4, -0.2) is 30.5 Å². The van der Waals surface area contributed by atoms with Crippen molar-refractivity contribution in [1.82, 2.24) is 9.78 Å². The van der Waals surface area contributed by atoms with E-state index in [0.717, 1.165) is 10.4 Å². The zero-order chi connectivity index (χ0) is 19.6. The average molecular weight is 397 g/mol. The standard InChI is InChI=1S/C17H18ClFN4O2S/c1-5-7-23(26(24,25)6-2)15-8-12(14(19)9-13(15)18)17-11(3)16(10-20)22(4)21-17/h5,8-9H,1,6-7H2,2-4H3. The van der Waals surface area contributed by atoms with Crippen molar-refractivity contribution in [3.63, 3.8) is 0 Å². The Morgan fingerprint density at radius 1 is 1.50 bits per heavy atom. The van der Waals surface area contributed by atoms with Crippen LogP contribution in [-0.2, 0) is 17.1 Å². The van der Waals surface area contributed by atoms with Gasteiger partial charge in [-0.15, -0.1) is 6.58 Å². The molecule has 0 bridgehead atoms. The highest BCUT2D eigenvalue weighted by Gasteiger charge is 2.25. The van der Waals surface area contributed by atoms with E-state index >= 15 is 0 Å². The number of hydrogen-bond acceptors (Lipinski definition) is 4. The lowest BCUT2D eigenvalue weighted by Crippen LogP contribution is -2.32. The van der Waals surface area contributed by atoms with E-state index in [4.69, 9.17) is 11.6 Å². The molecule has 0 amide bonds. The van der Waals surface area contributed by atoms with Crippen LogP contribution in [0.4, 0.5) is 10.1 Å². The minimum Gasteiger partial charge on any atom is -0.265 e. The SMILES string of the molecule is C=CCN(c1cc(-c2nn(C)c(C#N)c2C)c(F)cc1Cl)S(=O)(=O)CC. The van der Waals surface area contributed by atoms with E-state index in [2.05, 4.69) is 11.7 Å². The van der Waals surface area contributed by atoms with Gasteiger partial charge in [0.1, 0.15) is 17.6 Å². The number of benzene rings is 1. The molecular formula is C17H18ClFN4O2S. The maximum Gasteiger partial charge on any atom is 0.235 e. The summed E-state index contributed by atoms with van der Waals surface area (Å²) in [6.45, 7) is 6.72. The van der Waals surface area contributed by atoms with Gasteiger partial charge in [-0.05, 0) is 26.0 Å². The van der Waals surface area contributed by atoms with Gasteiger partial charge in [-0.2, -0.15) is 10.4 Å². The summed E-state index contributed by atoms with van der Waals surface area (Å²) in [5, 5.41) is 13.4. The van der Waals surface area contributed by atoms with E-state index in [-0.39, 0.29) is 34.3 Å². The molecule has 0 aliphatic carbocycles. The van der Waals surface area contributed by atoms with Crippen LogP contribution in [0.2, 0.25) is 5.02 Å². The predicted octanol–water partition coefficient (Wildman–Crippen LogP) is 3.40. The Morgan fingerprint density at radius 3 is 2.65 bits per heavy atom. The van der Waals surface area contributed by atoms with Crippen molar-refractivity contribution < 1.29 is 12.8 Å². The number of anilines is 1. The molecule has 0 aliphatic heterocycles. The molecule has 138 valence electrons. The van der Waals surface area contributed by atoms with Gasteiger partial charge in [0, 0.05) is 18.2 Å². The summed E-state index contributed by atoms with van der Waals surface area (Å²) < 4.78 is 41.8. The van der Waals surface area contributed by atoms with Crippen molar-refractivity contribution in [2.75, 3.05) is 16.6 Å². The molecule has 0 aliphatic rings. The minimum atomic E-state index is -3.65. The fourth-order valence-corrected chi connectivity index (χ4v) is 3.98. The predicted molar refractivity (Wildman–Crippen MR) is 100 cm³/mol. The monoisotopic (exact) mass is 396 g/mol. The number of aromatic nitrogens is 2. The Hall–Kier alpha value is -2.37. The summed E-state index contributed by atoms with van der Waals surface area (Å²) in [6, 6.07) is 4.40. The van der Waals surface area contributed by atoms with E-state index in [9.17, 15) is 18.1 Å². The van der Waals surface area contributed by atoms with Gasteiger partial charge in [0.05, 0.1) is 28.7 Å². The molecule has 0 N–H and O–H groups in total. The van der Waals surface area contributed by atoms with Crippen LogP contribution in [0.5, 0.6) is 0 Å². The molecule has 0 saturated carbocycles. The maximum atomic E-state index is 14.6. The Bertz CT molecular complexity index is 1010. The van der Waals surface area contributed by atoms with Crippen LogP contribution >= 0.6 is 11.6 Å². The lowest BCUT2D eigenvalue weighted by Gasteiger charge is -2.24. The van der Waals surface area contributed by atoms with E-state index < -0.39 is 15.8 Å². The van der Waals surface area contributed by atoms with Crippen molar-refractivity contribution in [3.05, 3.63) is 46.9 Å². The van der Waals surface area contributed by atoms with Gasteiger partial charge < -0.3 is 0 Å². The number of halogens is 2. The lowest BCUT2D eigenvalue weighted by molar-refractivity contribution is 0.593. The Kier molecular flexibility index (Phi) is 5.74. The van der Waals surface area contributed by atoms with E-state index in [1.54, 1.807) is 14.0 Å². The molecular weight excluding hydrogens is 379 g/mol. The second kappa shape index (κ2) is 7.48. The third kappa shape index (κ3) is 3.45. The van der Waals surface area contributed by atoms with Crippen LogP contribution in [0.1, 0.15) is 18.2 Å². The summed E-state index contributed by atoms with van der Waals surface area (Å²) in [5.41, 5.74) is 1.25. The zero-order valence-electron chi connectivity index (χ0n) is 14.6. The fraction of sp³-hybridized carbons (Fsp3) is 0.294. The smallest absolute Gasteiger partial charge is 0.235 e. The van der Waals surface area contributed by atoms with Crippen LogP contribution in [0.25, 0.3) is 11.3 Å². The topological polar surface area (TPSA) is 79.0 Å². The zero-order valence-corrected chi connectivity index (χ0v) is 16.2. The minimum absolute atomic E-state index is 0.00832. The molecule has 0 atom stereocenters. The quantitative estimate of drug-likeness (QED) is 0.701. The first kappa shape index (κ1) is 19.9. The van der Waals surface area contributed by atoms with Gasteiger partial charge >= 0.3 is 0 Å². The van der Waals surface area contributed by atoms with Crippen molar-refractivity contribution in [1.29, 1.82) is 5.26 Å². The molecule has 0 spiro atoms. The van der Waals surface area contributed by atoms with Crippen LogP contribution in [0, 0.1) is 24.1 Å². The van der Waals surface area contributed by atoms with Gasteiger partial charge in [0.25, 0.3) is 0 Å². The highest BCUT2D eigenvalue weighted by molar-refractivity contribution is 7.92. The number of sulfonamides is 1. The van der Waals surface area contributed by atoms with Crippen molar-refractivity contribution in [2.24, 2.45) is 7.05 Å². The van der Waals surface area contributed by atoms with Crippen LogP contribution in [0.15, 0.2) is 24.8 Å². The Balaban J connectivity index is 2.75. The van der Waals surface area contributed by atoms with Gasteiger partial charge in [0.2, 0.25) is 10.0 Å². The summed E-state index contributed by atoms with van der Waals surface area (Å²) in [4.78, 5) is 0. The second-order valence-corrected chi connectivity index (χ2v) is 8.15. The molecule has 0 unspecified atom stereocenters. The average Bonchev–Trinajstić information content (AvgIpc) is 2.87.